The van der Waals surface area contributed by atoms with Gasteiger partial charge in [-0.15, -0.1) is 0 Å². The molecular formula is C20H20FN5O2. The number of H-pyrrole nitrogens is 1. The van der Waals surface area contributed by atoms with Crippen molar-refractivity contribution in [1.82, 2.24) is 24.6 Å². The SMILES string of the molecule is O=C(c1cccnc1)N1CCC(Cc2n[nH]c(=O)n2-c2ccccc2F)CC1. The smallest absolute Gasteiger partial charge is 0.339 e. The first kappa shape index (κ1) is 18.1. The number of amides is 1. The number of halogens is 1. The minimum Gasteiger partial charge on any atom is -0.339 e. The van der Waals surface area contributed by atoms with Crippen LogP contribution < -0.4 is 5.69 Å². The van der Waals surface area contributed by atoms with Crippen LogP contribution in [0.25, 0.3) is 5.69 Å². The molecule has 0 atom stereocenters. The van der Waals surface area contributed by atoms with Gasteiger partial charge in [0.15, 0.2) is 0 Å². The van der Waals surface area contributed by atoms with Crippen molar-refractivity contribution in [3.8, 4) is 5.69 Å². The lowest BCUT2D eigenvalue weighted by molar-refractivity contribution is 0.0689. The van der Waals surface area contributed by atoms with Crippen LogP contribution in [-0.2, 0) is 6.42 Å². The Bertz CT molecular complexity index is 1020. The number of benzene rings is 1. The highest BCUT2D eigenvalue weighted by atomic mass is 19.1. The second-order valence-corrected chi connectivity index (χ2v) is 6.91. The summed E-state index contributed by atoms with van der Waals surface area (Å²) >= 11 is 0. The maximum absolute atomic E-state index is 14.1. The highest BCUT2D eigenvalue weighted by Gasteiger charge is 2.26. The topological polar surface area (TPSA) is 83.9 Å². The summed E-state index contributed by atoms with van der Waals surface area (Å²) in [5, 5.41) is 6.52. The van der Waals surface area contributed by atoms with Crippen LogP contribution in [-0.4, -0.2) is 43.6 Å². The van der Waals surface area contributed by atoms with E-state index < -0.39 is 11.5 Å². The van der Waals surface area contributed by atoms with Gasteiger partial charge in [0.1, 0.15) is 11.6 Å². The predicted molar refractivity (Wildman–Crippen MR) is 101 cm³/mol. The highest BCUT2D eigenvalue weighted by molar-refractivity contribution is 5.93. The monoisotopic (exact) mass is 381 g/mol. The molecule has 1 fully saturated rings. The maximum atomic E-state index is 14.1. The number of piperidine rings is 1. The van der Waals surface area contributed by atoms with Crippen molar-refractivity contribution in [1.29, 1.82) is 0 Å². The standard InChI is InChI=1S/C20H20FN5O2/c21-16-5-1-2-6-17(16)26-18(23-24-20(26)28)12-14-7-10-25(11-8-14)19(27)15-4-3-9-22-13-15/h1-6,9,13-14H,7-8,10-12H2,(H,24,28). The third kappa shape index (κ3) is 3.58. The van der Waals surface area contributed by atoms with Crippen LogP contribution in [0.15, 0.2) is 53.6 Å². The molecule has 3 heterocycles. The molecule has 1 aliphatic rings. The van der Waals surface area contributed by atoms with Crippen LogP contribution in [0.1, 0.15) is 29.0 Å². The Morgan fingerprint density at radius 2 is 1.96 bits per heavy atom. The van der Waals surface area contributed by atoms with Gasteiger partial charge >= 0.3 is 5.69 Å². The first-order valence-electron chi connectivity index (χ1n) is 9.24. The Morgan fingerprint density at radius 3 is 2.68 bits per heavy atom. The molecule has 1 amide bonds. The zero-order chi connectivity index (χ0) is 19.5. The average Bonchev–Trinajstić information content (AvgIpc) is 3.09. The van der Waals surface area contributed by atoms with Gasteiger partial charge in [-0.1, -0.05) is 12.1 Å². The Kier molecular flexibility index (Phi) is 5.01. The van der Waals surface area contributed by atoms with Gasteiger partial charge in [0.2, 0.25) is 0 Å². The molecule has 0 saturated carbocycles. The number of rotatable bonds is 4. The second kappa shape index (κ2) is 7.75. The van der Waals surface area contributed by atoms with E-state index in [9.17, 15) is 14.0 Å². The molecule has 1 N–H and O–H groups in total. The van der Waals surface area contributed by atoms with Crippen LogP contribution in [0.5, 0.6) is 0 Å². The van der Waals surface area contributed by atoms with Crippen molar-refractivity contribution in [2.24, 2.45) is 5.92 Å². The quantitative estimate of drug-likeness (QED) is 0.751. The van der Waals surface area contributed by atoms with Crippen LogP contribution in [0.3, 0.4) is 0 Å². The number of aromatic amines is 1. The van der Waals surface area contributed by atoms with Crippen LogP contribution in [0, 0.1) is 11.7 Å². The molecule has 0 bridgehead atoms. The molecule has 2 aromatic heterocycles. The lowest BCUT2D eigenvalue weighted by Gasteiger charge is -2.31. The van der Waals surface area contributed by atoms with E-state index in [1.807, 2.05) is 4.90 Å². The van der Waals surface area contributed by atoms with Crippen molar-refractivity contribution < 1.29 is 9.18 Å². The summed E-state index contributed by atoms with van der Waals surface area (Å²) in [7, 11) is 0. The predicted octanol–water partition coefficient (Wildman–Crippen LogP) is 2.19. The van der Waals surface area contributed by atoms with Crippen LogP contribution in [0.2, 0.25) is 0 Å². The summed E-state index contributed by atoms with van der Waals surface area (Å²) in [4.78, 5) is 30.5. The molecule has 1 aromatic carbocycles. The van der Waals surface area contributed by atoms with E-state index in [-0.39, 0.29) is 17.5 Å². The molecule has 3 aromatic rings. The largest absolute Gasteiger partial charge is 0.348 e. The Hall–Kier alpha value is -3.29. The van der Waals surface area contributed by atoms with Gasteiger partial charge in [0.25, 0.3) is 5.91 Å². The lowest BCUT2D eigenvalue weighted by atomic mass is 9.93. The molecule has 8 heteroatoms. The van der Waals surface area contributed by atoms with E-state index in [1.54, 1.807) is 42.7 Å². The molecule has 28 heavy (non-hydrogen) atoms. The van der Waals surface area contributed by atoms with Gasteiger partial charge in [-0.3, -0.25) is 9.78 Å². The third-order valence-electron chi connectivity index (χ3n) is 5.12. The molecule has 0 aliphatic carbocycles. The van der Waals surface area contributed by atoms with Gasteiger partial charge in [0.05, 0.1) is 11.3 Å². The zero-order valence-electron chi connectivity index (χ0n) is 15.2. The minimum atomic E-state index is -0.468. The highest BCUT2D eigenvalue weighted by Crippen LogP contribution is 2.23. The fraction of sp³-hybridized carbons (Fsp3) is 0.300. The average molecular weight is 381 g/mol. The number of carbonyl (C=O) groups excluding carboxylic acids is 1. The van der Waals surface area contributed by atoms with Crippen molar-refractivity contribution in [3.05, 3.63) is 76.5 Å². The number of aromatic nitrogens is 4. The van der Waals surface area contributed by atoms with Gasteiger partial charge in [-0.25, -0.2) is 18.9 Å². The number of likely N-dealkylation sites (tertiary alicyclic amines) is 1. The van der Waals surface area contributed by atoms with Crippen LogP contribution in [0.4, 0.5) is 4.39 Å². The fourth-order valence-electron chi connectivity index (χ4n) is 3.62. The second-order valence-electron chi connectivity index (χ2n) is 6.91. The van der Waals surface area contributed by atoms with Gasteiger partial charge < -0.3 is 4.90 Å². The van der Waals surface area contributed by atoms with Crippen molar-refractivity contribution >= 4 is 5.91 Å². The number of carbonyl (C=O) groups is 1. The number of hydrogen-bond donors (Lipinski definition) is 1. The number of hydrogen-bond acceptors (Lipinski definition) is 4. The molecule has 0 spiro atoms. The van der Waals surface area contributed by atoms with Gasteiger partial charge in [0, 0.05) is 31.9 Å². The lowest BCUT2D eigenvalue weighted by Crippen LogP contribution is -2.39. The maximum Gasteiger partial charge on any atom is 0.348 e. The molecule has 1 saturated heterocycles. The molecule has 7 nitrogen and oxygen atoms in total. The number of nitrogens with zero attached hydrogens (tertiary/aromatic N) is 4. The van der Waals surface area contributed by atoms with Crippen LogP contribution >= 0.6 is 0 Å². The Balaban J connectivity index is 1.44. The van der Waals surface area contributed by atoms with E-state index in [0.717, 1.165) is 12.8 Å². The summed E-state index contributed by atoms with van der Waals surface area (Å²) in [5.41, 5.74) is 0.325. The molecule has 1 aliphatic heterocycles. The Morgan fingerprint density at radius 1 is 1.18 bits per heavy atom. The summed E-state index contributed by atoms with van der Waals surface area (Å²) in [6.45, 7) is 1.26. The summed E-state index contributed by atoms with van der Waals surface area (Å²) in [6.07, 6.45) is 5.35. The summed E-state index contributed by atoms with van der Waals surface area (Å²) < 4.78 is 15.4. The first-order chi connectivity index (χ1) is 13.6. The summed E-state index contributed by atoms with van der Waals surface area (Å²) in [6, 6.07) is 9.66. The molecule has 0 unspecified atom stereocenters. The summed E-state index contributed by atoms with van der Waals surface area (Å²) in [5.74, 6) is 0.282. The van der Waals surface area contributed by atoms with Crippen molar-refractivity contribution in [2.45, 2.75) is 19.3 Å². The Labute approximate surface area is 160 Å². The fourth-order valence-corrected chi connectivity index (χ4v) is 3.62. The van der Waals surface area contributed by atoms with Gasteiger partial charge in [-0.05, 0) is 43.0 Å². The molecular weight excluding hydrogens is 361 g/mol. The normalized spacial score (nSPS) is 15.0. The van der Waals surface area contributed by atoms with E-state index in [1.165, 1.54) is 10.6 Å². The van der Waals surface area contributed by atoms with E-state index in [4.69, 9.17) is 0 Å². The first-order valence-corrected chi connectivity index (χ1v) is 9.24. The van der Waals surface area contributed by atoms with Crippen molar-refractivity contribution in [2.75, 3.05) is 13.1 Å². The molecule has 0 radical (unpaired) electrons. The third-order valence-corrected chi connectivity index (χ3v) is 5.12. The zero-order valence-corrected chi connectivity index (χ0v) is 15.2. The van der Waals surface area contributed by atoms with Gasteiger partial charge in [-0.2, -0.15) is 5.10 Å². The number of pyridine rings is 1. The van der Waals surface area contributed by atoms with E-state index in [2.05, 4.69) is 15.2 Å². The minimum absolute atomic E-state index is 0.0189. The molecule has 4 rings (SSSR count). The van der Waals surface area contributed by atoms with E-state index >= 15 is 0 Å². The molecule has 144 valence electrons. The van der Waals surface area contributed by atoms with Crippen molar-refractivity contribution in [3.63, 3.8) is 0 Å². The number of para-hydroxylation sites is 1. The number of nitrogens with one attached hydrogen (secondary N) is 1. The van der Waals surface area contributed by atoms with E-state index in [0.29, 0.717) is 30.9 Å².